The molecule has 4 aromatic rings. The number of benzene rings is 1. The van der Waals surface area contributed by atoms with Gasteiger partial charge in [-0.1, -0.05) is 29.8 Å². The molecule has 5 rings (SSSR count). The lowest BCUT2D eigenvalue weighted by Crippen LogP contribution is -2.40. The van der Waals surface area contributed by atoms with Crippen LogP contribution in [0, 0.1) is 6.92 Å². The Hall–Kier alpha value is -3.27. The smallest absolute Gasteiger partial charge is 0.180 e. The summed E-state index contributed by atoms with van der Waals surface area (Å²) in [7, 11) is 3.36. The highest BCUT2D eigenvalue weighted by Gasteiger charge is 2.23. The van der Waals surface area contributed by atoms with Gasteiger partial charge in [0.15, 0.2) is 17.8 Å². The predicted octanol–water partition coefficient (Wildman–Crippen LogP) is 3.90. The molecule has 0 bridgehead atoms. The van der Waals surface area contributed by atoms with Gasteiger partial charge in [-0.15, -0.1) is 0 Å². The van der Waals surface area contributed by atoms with E-state index in [1.807, 2.05) is 18.6 Å². The number of piperidine rings is 1. The van der Waals surface area contributed by atoms with Crippen LogP contribution in [-0.2, 0) is 9.47 Å². The van der Waals surface area contributed by atoms with Crippen LogP contribution in [0.15, 0.2) is 55.2 Å². The standard InChI is InChI=1S/C25H31N7O2/c1-18-4-6-19(7-5-18)22-15-27-24(25-26-10-13-31(22)25)29-20-14-28-32(16-20)21-8-11-30(12-9-21)17-23(33-2)34-3/h4-7,10,13-16,21,23H,8-9,11-12,17H2,1-3H3,(H,27,29). The maximum absolute atomic E-state index is 5.33. The molecule has 34 heavy (non-hydrogen) atoms. The van der Waals surface area contributed by atoms with Crippen molar-refractivity contribution in [2.24, 2.45) is 0 Å². The number of aromatic nitrogens is 5. The maximum atomic E-state index is 5.33. The lowest BCUT2D eigenvalue weighted by atomic mass is 10.1. The number of fused-ring (bicyclic) bond motifs is 1. The molecule has 0 unspecified atom stereocenters. The van der Waals surface area contributed by atoms with E-state index in [1.54, 1.807) is 20.4 Å². The zero-order valence-corrected chi connectivity index (χ0v) is 19.9. The molecule has 0 amide bonds. The highest BCUT2D eigenvalue weighted by atomic mass is 16.7. The van der Waals surface area contributed by atoms with Gasteiger partial charge in [-0.3, -0.25) is 14.0 Å². The van der Waals surface area contributed by atoms with Crippen molar-refractivity contribution in [3.8, 4) is 11.3 Å². The topological polar surface area (TPSA) is 81.7 Å². The van der Waals surface area contributed by atoms with Crippen molar-refractivity contribution in [3.63, 3.8) is 0 Å². The summed E-state index contributed by atoms with van der Waals surface area (Å²) >= 11 is 0. The van der Waals surface area contributed by atoms with Gasteiger partial charge in [0.05, 0.1) is 29.8 Å². The van der Waals surface area contributed by atoms with Crippen LogP contribution >= 0.6 is 0 Å². The maximum Gasteiger partial charge on any atom is 0.180 e. The Bertz CT molecular complexity index is 1220. The van der Waals surface area contributed by atoms with Gasteiger partial charge in [-0.2, -0.15) is 5.10 Å². The normalized spacial score (nSPS) is 15.4. The van der Waals surface area contributed by atoms with Gasteiger partial charge in [0.1, 0.15) is 0 Å². The molecule has 9 nitrogen and oxygen atoms in total. The zero-order valence-electron chi connectivity index (χ0n) is 19.9. The second-order valence-corrected chi connectivity index (χ2v) is 8.75. The molecule has 1 fully saturated rings. The van der Waals surface area contributed by atoms with Crippen LogP contribution in [0.3, 0.4) is 0 Å². The molecule has 1 aliphatic rings. The summed E-state index contributed by atoms with van der Waals surface area (Å²) in [6.07, 6.45) is 11.5. The van der Waals surface area contributed by atoms with E-state index in [-0.39, 0.29) is 6.29 Å². The Kier molecular flexibility index (Phi) is 6.57. The SMILES string of the molecule is COC(CN1CCC(n2cc(Nc3ncc(-c4ccc(C)cc4)n4ccnc34)cn2)CC1)OC. The Labute approximate surface area is 199 Å². The lowest BCUT2D eigenvalue weighted by Gasteiger charge is -2.33. The van der Waals surface area contributed by atoms with Gasteiger partial charge in [0.2, 0.25) is 0 Å². The van der Waals surface area contributed by atoms with E-state index in [2.05, 4.69) is 71.8 Å². The Morgan fingerprint density at radius 3 is 2.56 bits per heavy atom. The highest BCUT2D eigenvalue weighted by molar-refractivity contribution is 5.73. The number of nitrogens with one attached hydrogen (secondary N) is 1. The fourth-order valence-corrected chi connectivity index (χ4v) is 4.51. The van der Waals surface area contributed by atoms with Crippen LogP contribution in [0.25, 0.3) is 16.9 Å². The van der Waals surface area contributed by atoms with Crippen LogP contribution in [0.1, 0.15) is 24.4 Å². The summed E-state index contributed by atoms with van der Waals surface area (Å²) in [5.74, 6) is 0.709. The number of aryl methyl sites for hydroxylation is 1. The average molecular weight is 462 g/mol. The van der Waals surface area contributed by atoms with Gasteiger partial charge < -0.3 is 14.8 Å². The van der Waals surface area contributed by atoms with Crippen molar-refractivity contribution in [1.82, 2.24) is 29.0 Å². The number of anilines is 2. The molecule has 0 aliphatic carbocycles. The number of hydrogen-bond acceptors (Lipinski definition) is 7. The zero-order chi connectivity index (χ0) is 23.5. The van der Waals surface area contributed by atoms with Crippen LogP contribution < -0.4 is 5.32 Å². The molecule has 0 atom stereocenters. The summed E-state index contributed by atoms with van der Waals surface area (Å²) in [6, 6.07) is 8.81. The highest BCUT2D eigenvalue weighted by Crippen LogP contribution is 2.27. The van der Waals surface area contributed by atoms with Crippen LogP contribution in [-0.4, -0.2) is 69.2 Å². The first kappa shape index (κ1) is 22.5. The van der Waals surface area contributed by atoms with E-state index < -0.39 is 0 Å². The van der Waals surface area contributed by atoms with Crippen molar-refractivity contribution < 1.29 is 9.47 Å². The molecule has 178 valence electrons. The largest absolute Gasteiger partial charge is 0.355 e. The van der Waals surface area contributed by atoms with Gasteiger partial charge >= 0.3 is 0 Å². The molecule has 0 saturated carbocycles. The first-order valence-electron chi connectivity index (χ1n) is 11.6. The summed E-state index contributed by atoms with van der Waals surface area (Å²) in [4.78, 5) is 11.6. The molecule has 0 radical (unpaired) electrons. The first-order chi connectivity index (χ1) is 16.6. The van der Waals surface area contributed by atoms with Crippen LogP contribution in [0.5, 0.6) is 0 Å². The third kappa shape index (κ3) is 4.68. The third-order valence-electron chi connectivity index (χ3n) is 6.50. The van der Waals surface area contributed by atoms with E-state index in [1.165, 1.54) is 5.56 Å². The Morgan fingerprint density at radius 1 is 1.06 bits per heavy atom. The van der Waals surface area contributed by atoms with E-state index in [0.717, 1.165) is 55.1 Å². The number of imidazole rings is 1. The van der Waals surface area contributed by atoms with Crippen LogP contribution in [0.4, 0.5) is 11.5 Å². The lowest BCUT2D eigenvalue weighted by molar-refractivity contribution is -0.118. The van der Waals surface area contributed by atoms with Crippen molar-refractivity contribution in [2.45, 2.75) is 32.1 Å². The fourth-order valence-electron chi connectivity index (χ4n) is 4.51. The first-order valence-corrected chi connectivity index (χ1v) is 11.6. The third-order valence-corrected chi connectivity index (χ3v) is 6.50. The quantitative estimate of drug-likeness (QED) is 0.399. The number of ether oxygens (including phenoxy) is 2. The number of likely N-dealkylation sites (tertiary alicyclic amines) is 1. The van der Waals surface area contributed by atoms with E-state index in [0.29, 0.717) is 11.9 Å². The molecule has 0 spiro atoms. The summed E-state index contributed by atoms with van der Waals surface area (Å²) < 4.78 is 14.8. The number of nitrogens with zero attached hydrogens (tertiary/aromatic N) is 6. The molecule has 1 saturated heterocycles. The Morgan fingerprint density at radius 2 is 1.82 bits per heavy atom. The van der Waals surface area contributed by atoms with Crippen molar-refractivity contribution in [3.05, 3.63) is 60.8 Å². The number of rotatable bonds is 8. The number of methoxy groups -OCH3 is 2. The molecule has 4 heterocycles. The van der Waals surface area contributed by atoms with Gasteiger partial charge in [-0.05, 0) is 19.8 Å². The fraction of sp³-hybridized carbons (Fsp3) is 0.400. The van der Waals surface area contributed by atoms with Gasteiger partial charge in [0.25, 0.3) is 0 Å². The second kappa shape index (κ2) is 9.92. The van der Waals surface area contributed by atoms with Gasteiger partial charge in [-0.25, -0.2) is 9.97 Å². The van der Waals surface area contributed by atoms with E-state index >= 15 is 0 Å². The summed E-state index contributed by atoms with van der Waals surface area (Å²) in [5.41, 5.74) is 5.03. The van der Waals surface area contributed by atoms with Gasteiger partial charge in [0, 0.05) is 58.0 Å². The minimum atomic E-state index is -0.179. The molecular formula is C25H31N7O2. The average Bonchev–Trinajstić information content (AvgIpc) is 3.54. The van der Waals surface area contributed by atoms with E-state index in [4.69, 9.17) is 9.47 Å². The monoisotopic (exact) mass is 461 g/mol. The molecule has 9 heteroatoms. The molecular weight excluding hydrogens is 430 g/mol. The molecule has 1 N–H and O–H groups in total. The minimum absolute atomic E-state index is 0.179. The van der Waals surface area contributed by atoms with Crippen LogP contribution in [0.2, 0.25) is 0 Å². The second-order valence-electron chi connectivity index (χ2n) is 8.75. The molecule has 3 aromatic heterocycles. The Balaban J connectivity index is 1.27. The van der Waals surface area contributed by atoms with E-state index in [9.17, 15) is 0 Å². The van der Waals surface area contributed by atoms with Crippen molar-refractivity contribution in [1.29, 1.82) is 0 Å². The van der Waals surface area contributed by atoms with Crippen molar-refractivity contribution in [2.75, 3.05) is 39.2 Å². The molecule has 1 aromatic carbocycles. The number of hydrogen-bond donors (Lipinski definition) is 1. The molecule has 1 aliphatic heterocycles. The predicted molar refractivity (Wildman–Crippen MR) is 131 cm³/mol. The van der Waals surface area contributed by atoms with Crippen molar-refractivity contribution >= 4 is 17.2 Å². The minimum Gasteiger partial charge on any atom is -0.355 e. The summed E-state index contributed by atoms with van der Waals surface area (Å²) in [6.45, 7) is 4.86. The summed E-state index contributed by atoms with van der Waals surface area (Å²) in [5, 5.41) is 8.04.